The smallest absolute Gasteiger partial charge is 0.349 e. The van der Waals surface area contributed by atoms with Crippen LogP contribution in [0, 0.1) is 11.3 Å². The standard InChI is InChI=1S/C12H13NO2S/c1-12(2,3)15-11(14)9(8-13)7-10-5-4-6-16-10/h4-7H,1-3H3/b9-7-. The van der Waals surface area contributed by atoms with Gasteiger partial charge in [-0.1, -0.05) is 6.07 Å². The van der Waals surface area contributed by atoms with Crippen LogP contribution in [0.25, 0.3) is 6.08 Å². The van der Waals surface area contributed by atoms with Gasteiger partial charge in [0.05, 0.1) is 0 Å². The van der Waals surface area contributed by atoms with Crippen molar-refractivity contribution in [3.05, 3.63) is 28.0 Å². The molecule has 0 saturated heterocycles. The van der Waals surface area contributed by atoms with Gasteiger partial charge in [0.1, 0.15) is 17.2 Å². The Balaban J connectivity index is 2.85. The van der Waals surface area contributed by atoms with Crippen molar-refractivity contribution in [3.8, 4) is 6.07 Å². The molecule has 3 nitrogen and oxygen atoms in total. The van der Waals surface area contributed by atoms with Gasteiger partial charge in [0.15, 0.2) is 0 Å². The maximum absolute atomic E-state index is 11.6. The van der Waals surface area contributed by atoms with E-state index in [9.17, 15) is 4.79 Å². The minimum Gasteiger partial charge on any atom is -0.456 e. The SMILES string of the molecule is CC(C)(C)OC(=O)/C(C#N)=C\c1cccs1. The molecule has 0 aromatic carbocycles. The van der Waals surface area contributed by atoms with Gasteiger partial charge in [0.25, 0.3) is 0 Å². The van der Waals surface area contributed by atoms with E-state index in [0.29, 0.717) is 0 Å². The lowest BCUT2D eigenvalue weighted by atomic mass is 10.2. The predicted octanol–water partition coefficient (Wildman–Crippen LogP) is 3.00. The van der Waals surface area contributed by atoms with Crippen molar-refractivity contribution in [1.82, 2.24) is 0 Å². The van der Waals surface area contributed by atoms with E-state index in [0.717, 1.165) is 4.88 Å². The van der Waals surface area contributed by atoms with Crippen molar-refractivity contribution in [2.24, 2.45) is 0 Å². The molecule has 1 aromatic heterocycles. The van der Waals surface area contributed by atoms with Gasteiger partial charge in [-0.2, -0.15) is 5.26 Å². The Morgan fingerprint density at radius 1 is 1.56 bits per heavy atom. The number of hydrogen-bond acceptors (Lipinski definition) is 4. The summed E-state index contributed by atoms with van der Waals surface area (Å²) in [6, 6.07) is 5.56. The van der Waals surface area contributed by atoms with Crippen molar-refractivity contribution < 1.29 is 9.53 Å². The fourth-order valence-corrected chi connectivity index (χ4v) is 1.64. The molecule has 0 atom stereocenters. The van der Waals surface area contributed by atoms with E-state index in [1.54, 1.807) is 26.8 Å². The van der Waals surface area contributed by atoms with E-state index < -0.39 is 11.6 Å². The minimum absolute atomic E-state index is 0.0253. The van der Waals surface area contributed by atoms with Crippen molar-refractivity contribution >= 4 is 23.4 Å². The first-order valence-electron chi connectivity index (χ1n) is 4.81. The maximum Gasteiger partial charge on any atom is 0.349 e. The molecule has 16 heavy (non-hydrogen) atoms. The Morgan fingerprint density at radius 3 is 2.69 bits per heavy atom. The van der Waals surface area contributed by atoms with Gasteiger partial charge >= 0.3 is 5.97 Å². The monoisotopic (exact) mass is 235 g/mol. The van der Waals surface area contributed by atoms with Gasteiger partial charge in [-0.05, 0) is 38.3 Å². The second-order valence-electron chi connectivity index (χ2n) is 4.19. The average molecular weight is 235 g/mol. The molecule has 1 aromatic rings. The molecule has 0 spiro atoms. The molecule has 0 aliphatic heterocycles. The summed E-state index contributed by atoms with van der Waals surface area (Å²) in [5, 5.41) is 10.8. The van der Waals surface area contributed by atoms with Gasteiger partial charge in [-0.25, -0.2) is 4.79 Å². The van der Waals surface area contributed by atoms with Gasteiger partial charge in [-0.3, -0.25) is 0 Å². The molecule has 4 heteroatoms. The summed E-state index contributed by atoms with van der Waals surface area (Å²) in [6.07, 6.45) is 1.54. The van der Waals surface area contributed by atoms with E-state index in [1.807, 2.05) is 23.6 Å². The van der Waals surface area contributed by atoms with E-state index in [1.165, 1.54) is 11.3 Å². The summed E-state index contributed by atoms with van der Waals surface area (Å²) in [6.45, 7) is 5.31. The number of esters is 1. The zero-order chi connectivity index (χ0) is 12.2. The summed E-state index contributed by atoms with van der Waals surface area (Å²) in [4.78, 5) is 12.5. The van der Waals surface area contributed by atoms with Crippen LogP contribution < -0.4 is 0 Å². The minimum atomic E-state index is -0.581. The highest BCUT2D eigenvalue weighted by Gasteiger charge is 2.19. The number of hydrogen-bond donors (Lipinski definition) is 0. The van der Waals surface area contributed by atoms with Crippen LogP contribution in [0.1, 0.15) is 25.6 Å². The molecule has 0 N–H and O–H groups in total. The second-order valence-corrected chi connectivity index (χ2v) is 5.17. The van der Waals surface area contributed by atoms with E-state index in [2.05, 4.69) is 0 Å². The fraction of sp³-hybridized carbons (Fsp3) is 0.333. The Kier molecular flexibility index (Phi) is 3.86. The first-order valence-corrected chi connectivity index (χ1v) is 5.69. The Hall–Kier alpha value is -1.60. The lowest BCUT2D eigenvalue weighted by Gasteiger charge is -2.18. The first-order chi connectivity index (χ1) is 7.42. The lowest BCUT2D eigenvalue weighted by Crippen LogP contribution is -2.24. The third-order valence-electron chi connectivity index (χ3n) is 1.57. The van der Waals surface area contributed by atoms with E-state index >= 15 is 0 Å². The number of rotatable bonds is 2. The van der Waals surface area contributed by atoms with E-state index in [-0.39, 0.29) is 5.57 Å². The van der Waals surface area contributed by atoms with Crippen LogP contribution in [0.5, 0.6) is 0 Å². The van der Waals surface area contributed by atoms with Crippen LogP contribution in [-0.4, -0.2) is 11.6 Å². The molecule has 0 radical (unpaired) electrons. The number of nitrogens with zero attached hydrogens (tertiary/aromatic N) is 1. The van der Waals surface area contributed by atoms with Crippen LogP contribution in [0.4, 0.5) is 0 Å². The highest BCUT2D eigenvalue weighted by atomic mass is 32.1. The summed E-state index contributed by atoms with van der Waals surface area (Å²) < 4.78 is 5.11. The third kappa shape index (κ3) is 3.87. The van der Waals surface area contributed by atoms with Crippen LogP contribution in [0.2, 0.25) is 0 Å². The Morgan fingerprint density at radius 2 is 2.25 bits per heavy atom. The zero-order valence-electron chi connectivity index (χ0n) is 9.48. The molecule has 0 fully saturated rings. The Labute approximate surface area is 99.0 Å². The van der Waals surface area contributed by atoms with Crippen LogP contribution in [0.15, 0.2) is 23.1 Å². The molecule has 0 saturated carbocycles. The van der Waals surface area contributed by atoms with Gasteiger partial charge in [0, 0.05) is 4.88 Å². The van der Waals surface area contributed by atoms with Crippen LogP contribution in [-0.2, 0) is 9.53 Å². The molecule has 0 bridgehead atoms. The molecule has 1 heterocycles. The van der Waals surface area contributed by atoms with Crippen LogP contribution in [0.3, 0.4) is 0 Å². The fourth-order valence-electron chi connectivity index (χ4n) is 0.986. The topological polar surface area (TPSA) is 50.1 Å². The van der Waals surface area contributed by atoms with Crippen molar-refractivity contribution in [1.29, 1.82) is 5.26 Å². The number of carbonyl (C=O) groups excluding carboxylic acids is 1. The van der Waals surface area contributed by atoms with Crippen molar-refractivity contribution in [3.63, 3.8) is 0 Å². The molecule has 1 rings (SSSR count). The average Bonchev–Trinajstić information content (AvgIpc) is 2.63. The maximum atomic E-state index is 11.6. The Bertz CT molecular complexity index is 433. The van der Waals surface area contributed by atoms with Gasteiger partial charge in [-0.15, -0.1) is 11.3 Å². The van der Waals surface area contributed by atoms with E-state index in [4.69, 9.17) is 10.00 Å². The second kappa shape index (κ2) is 4.95. The quantitative estimate of drug-likeness (QED) is 0.450. The number of thiophene rings is 1. The summed E-state index contributed by atoms with van der Waals surface area (Å²) in [5.74, 6) is -0.580. The first kappa shape index (κ1) is 12.5. The summed E-state index contributed by atoms with van der Waals surface area (Å²) >= 11 is 1.47. The largest absolute Gasteiger partial charge is 0.456 e. The summed E-state index contributed by atoms with van der Waals surface area (Å²) in [5.41, 5.74) is -0.556. The highest BCUT2D eigenvalue weighted by Crippen LogP contribution is 2.16. The molecule has 0 unspecified atom stereocenters. The normalized spacial score (nSPS) is 12.0. The number of ether oxygens (including phenoxy) is 1. The number of nitriles is 1. The molecular formula is C12H13NO2S. The molecule has 0 amide bonds. The zero-order valence-corrected chi connectivity index (χ0v) is 10.3. The molecule has 0 aliphatic rings. The summed E-state index contributed by atoms with van der Waals surface area (Å²) in [7, 11) is 0. The van der Waals surface area contributed by atoms with Crippen molar-refractivity contribution in [2.45, 2.75) is 26.4 Å². The van der Waals surface area contributed by atoms with Gasteiger partial charge in [0.2, 0.25) is 0 Å². The number of carbonyl (C=O) groups is 1. The highest BCUT2D eigenvalue weighted by molar-refractivity contribution is 7.10. The third-order valence-corrected chi connectivity index (χ3v) is 2.39. The molecule has 0 aliphatic carbocycles. The van der Waals surface area contributed by atoms with Crippen molar-refractivity contribution in [2.75, 3.05) is 0 Å². The van der Waals surface area contributed by atoms with Crippen LogP contribution >= 0.6 is 11.3 Å². The lowest BCUT2D eigenvalue weighted by molar-refractivity contribution is -0.149. The predicted molar refractivity (Wildman–Crippen MR) is 63.8 cm³/mol. The molecule has 84 valence electrons. The van der Waals surface area contributed by atoms with Gasteiger partial charge < -0.3 is 4.74 Å². The molecular weight excluding hydrogens is 222 g/mol.